The Morgan fingerprint density at radius 2 is 2.00 bits per heavy atom. The van der Waals surface area contributed by atoms with Gasteiger partial charge in [-0.2, -0.15) is 5.10 Å². The van der Waals surface area contributed by atoms with Crippen molar-refractivity contribution in [3.63, 3.8) is 0 Å². The summed E-state index contributed by atoms with van der Waals surface area (Å²) in [5.74, 6) is 1.39. The molecule has 1 amide bonds. The van der Waals surface area contributed by atoms with Crippen LogP contribution in [0.5, 0.6) is 11.5 Å². The largest absolute Gasteiger partial charge is 0.490 e. The molecule has 2 aromatic rings. The number of ether oxygens (including phenoxy) is 2. The highest BCUT2D eigenvalue weighted by atomic mass is 16.5. The Balaban J connectivity index is 1.71. The smallest absolute Gasteiger partial charge is 0.255 e. The van der Waals surface area contributed by atoms with Crippen molar-refractivity contribution in [2.75, 3.05) is 13.2 Å². The molecule has 3 rings (SSSR count). The van der Waals surface area contributed by atoms with Crippen LogP contribution in [0.25, 0.3) is 0 Å². The van der Waals surface area contributed by atoms with Crippen LogP contribution in [0, 0.1) is 13.8 Å². The summed E-state index contributed by atoms with van der Waals surface area (Å²) >= 11 is 0. The molecule has 0 bridgehead atoms. The number of nitrogens with one attached hydrogen (secondary N) is 1. The number of carbonyl (C=O) groups is 1. The first-order valence-electron chi connectivity index (χ1n) is 7.73. The normalized spacial score (nSPS) is 13.5. The highest BCUT2D eigenvalue weighted by Gasteiger charge is 2.17. The quantitative estimate of drug-likeness (QED) is 0.942. The predicted molar refractivity (Wildman–Crippen MR) is 85.9 cm³/mol. The Bertz CT molecular complexity index is 737. The Morgan fingerprint density at radius 3 is 2.70 bits per heavy atom. The van der Waals surface area contributed by atoms with Crippen molar-refractivity contribution in [3.8, 4) is 11.5 Å². The summed E-state index contributed by atoms with van der Waals surface area (Å²) in [6.07, 6.45) is 0.875. The van der Waals surface area contributed by atoms with Crippen molar-refractivity contribution in [1.29, 1.82) is 0 Å². The third-order valence-electron chi connectivity index (χ3n) is 4.00. The van der Waals surface area contributed by atoms with Crippen molar-refractivity contribution in [2.24, 2.45) is 7.05 Å². The molecule has 1 N–H and O–H groups in total. The number of benzene rings is 1. The van der Waals surface area contributed by atoms with E-state index in [1.165, 1.54) is 0 Å². The van der Waals surface area contributed by atoms with E-state index in [2.05, 4.69) is 10.4 Å². The standard InChI is InChI=1S/C17H21N3O3/c1-11-16(12(2)20(3)19-11)17(21)18-10-13-5-6-14-15(9-13)23-8-4-7-22-14/h5-6,9H,4,7-8,10H2,1-3H3,(H,18,21). The van der Waals surface area contributed by atoms with E-state index < -0.39 is 0 Å². The zero-order chi connectivity index (χ0) is 16.4. The lowest BCUT2D eigenvalue weighted by molar-refractivity contribution is 0.0949. The number of amides is 1. The van der Waals surface area contributed by atoms with Crippen molar-refractivity contribution < 1.29 is 14.3 Å². The zero-order valence-corrected chi connectivity index (χ0v) is 13.7. The molecule has 0 saturated carbocycles. The van der Waals surface area contributed by atoms with Gasteiger partial charge >= 0.3 is 0 Å². The molecule has 1 aliphatic rings. The first kappa shape index (κ1) is 15.4. The van der Waals surface area contributed by atoms with Crippen LogP contribution < -0.4 is 14.8 Å². The third-order valence-corrected chi connectivity index (χ3v) is 4.00. The third kappa shape index (κ3) is 3.16. The molecule has 1 aliphatic heterocycles. The van der Waals surface area contributed by atoms with Crippen LogP contribution in [0.2, 0.25) is 0 Å². The molecule has 1 aromatic carbocycles. The molecule has 6 nitrogen and oxygen atoms in total. The lowest BCUT2D eigenvalue weighted by atomic mass is 10.1. The van der Waals surface area contributed by atoms with Gasteiger partial charge in [0.1, 0.15) is 0 Å². The summed E-state index contributed by atoms with van der Waals surface area (Å²) in [6, 6.07) is 5.75. The molecular weight excluding hydrogens is 294 g/mol. The minimum Gasteiger partial charge on any atom is -0.490 e. The fourth-order valence-corrected chi connectivity index (χ4v) is 2.69. The summed E-state index contributed by atoms with van der Waals surface area (Å²) < 4.78 is 13.0. The molecule has 0 radical (unpaired) electrons. The number of aromatic nitrogens is 2. The van der Waals surface area contributed by atoms with Crippen LogP contribution in [0.1, 0.15) is 33.7 Å². The van der Waals surface area contributed by atoms with Crippen LogP contribution in [-0.4, -0.2) is 28.9 Å². The second kappa shape index (κ2) is 6.32. The predicted octanol–water partition coefficient (Wildman–Crippen LogP) is 2.13. The first-order chi connectivity index (χ1) is 11.1. The lowest BCUT2D eigenvalue weighted by Crippen LogP contribution is -2.24. The Hall–Kier alpha value is -2.50. The van der Waals surface area contributed by atoms with E-state index in [1.54, 1.807) is 4.68 Å². The average Bonchev–Trinajstić information content (AvgIpc) is 2.71. The number of fused-ring (bicyclic) bond motifs is 1. The molecule has 0 aliphatic carbocycles. The van der Waals surface area contributed by atoms with E-state index in [0.717, 1.165) is 34.9 Å². The molecule has 1 aromatic heterocycles. The Kier molecular flexibility index (Phi) is 4.23. The van der Waals surface area contributed by atoms with Gasteiger partial charge in [0.15, 0.2) is 11.5 Å². The molecule has 0 spiro atoms. The molecule has 2 heterocycles. The Morgan fingerprint density at radius 1 is 1.26 bits per heavy atom. The summed E-state index contributed by atoms with van der Waals surface area (Å²) in [5, 5.41) is 7.22. The van der Waals surface area contributed by atoms with Gasteiger partial charge in [0.05, 0.1) is 24.5 Å². The highest BCUT2D eigenvalue weighted by Crippen LogP contribution is 2.30. The summed E-state index contributed by atoms with van der Waals surface area (Å²) in [5.41, 5.74) is 3.21. The van der Waals surface area contributed by atoms with E-state index in [4.69, 9.17) is 9.47 Å². The van der Waals surface area contributed by atoms with E-state index >= 15 is 0 Å². The number of hydrogen-bond acceptors (Lipinski definition) is 4. The van der Waals surface area contributed by atoms with E-state index in [-0.39, 0.29) is 5.91 Å². The number of nitrogens with zero attached hydrogens (tertiary/aromatic N) is 2. The highest BCUT2D eigenvalue weighted by molar-refractivity contribution is 5.96. The van der Waals surface area contributed by atoms with Crippen LogP contribution in [0.3, 0.4) is 0 Å². The molecule has 6 heteroatoms. The second-order valence-electron chi connectivity index (χ2n) is 5.68. The van der Waals surface area contributed by atoms with Gasteiger partial charge in [0, 0.05) is 25.7 Å². The zero-order valence-electron chi connectivity index (χ0n) is 13.7. The summed E-state index contributed by atoms with van der Waals surface area (Å²) in [6.45, 7) is 5.49. The maximum Gasteiger partial charge on any atom is 0.255 e. The molecule has 0 fully saturated rings. The number of hydrogen-bond donors (Lipinski definition) is 1. The van der Waals surface area contributed by atoms with Crippen LogP contribution in [0.4, 0.5) is 0 Å². The van der Waals surface area contributed by atoms with Crippen LogP contribution in [-0.2, 0) is 13.6 Å². The number of rotatable bonds is 3. The van der Waals surface area contributed by atoms with Crippen LogP contribution in [0.15, 0.2) is 18.2 Å². The number of carbonyl (C=O) groups excluding carboxylic acids is 1. The van der Waals surface area contributed by atoms with Crippen molar-refractivity contribution in [1.82, 2.24) is 15.1 Å². The van der Waals surface area contributed by atoms with Crippen molar-refractivity contribution >= 4 is 5.91 Å². The number of aryl methyl sites for hydroxylation is 2. The molecule has 23 heavy (non-hydrogen) atoms. The maximum absolute atomic E-state index is 12.4. The summed E-state index contributed by atoms with van der Waals surface area (Å²) in [4.78, 5) is 12.4. The lowest BCUT2D eigenvalue weighted by Gasteiger charge is -2.10. The minimum atomic E-state index is -0.111. The molecular formula is C17H21N3O3. The van der Waals surface area contributed by atoms with Crippen molar-refractivity contribution in [3.05, 3.63) is 40.7 Å². The second-order valence-corrected chi connectivity index (χ2v) is 5.68. The van der Waals surface area contributed by atoms with Gasteiger partial charge in [-0.1, -0.05) is 6.07 Å². The van der Waals surface area contributed by atoms with Gasteiger partial charge in [-0.05, 0) is 31.5 Å². The fourth-order valence-electron chi connectivity index (χ4n) is 2.69. The first-order valence-corrected chi connectivity index (χ1v) is 7.73. The Labute approximate surface area is 135 Å². The summed E-state index contributed by atoms with van der Waals surface area (Å²) in [7, 11) is 1.84. The van der Waals surface area contributed by atoms with Crippen molar-refractivity contribution in [2.45, 2.75) is 26.8 Å². The monoisotopic (exact) mass is 315 g/mol. The van der Waals surface area contributed by atoms with E-state index in [0.29, 0.717) is 25.3 Å². The molecule has 122 valence electrons. The van der Waals surface area contributed by atoms with Gasteiger partial charge in [-0.15, -0.1) is 0 Å². The average molecular weight is 315 g/mol. The van der Waals surface area contributed by atoms with E-state index in [1.807, 2.05) is 39.1 Å². The molecule has 0 unspecified atom stereocenters. The maximum atomic E-state index is 12.4. The van der Waals surface area contributed by atoms with Gasteiger partial charge in [-0.25, -0.2) is 0 Å². The van der Waals surface area contributed by atoms with Gasteiger partial charge < -0.3 is 14.8 Å². The fraction of sp³-hybridized carbons (Fsp3) is 0.412. The molecule has 0 saturated heterocycles. The topological polar surface area (TPSA) is 65.4 Å². The molecule has 0 atom stereocenters. The van der Waals surface area contributed by atoms with Gasteiger partial charge in [0.25, 0.3) is 5.91 Å². The minimum absolute atomic E-state index is 0.111. The van der Waals surface area contributed by atoms with E-state index in [9.17, 15) is 4.79 Å². The van der Waals surface area contributed by atoms with Gasteiger partial charge in [0.2, 0.25) is 0 Å². The van der Waals surface area contributed by atoms with Gasteiger partial charge in [-0.3, -0.25) is 9.48 Å². The SMILES string of the molecule is Cc1nn(C)c(C)c1C(=O)NCc1ccc2c(c1)OCCCO2. The van der Waals surface area contributed by atoms with Crippen LogP contribution >= 0.6 is 0 Å².